The van der Waals surface area contributed by atoms with Crippen molar-refractivity contribution in [3.8, 4) is 0 Å². The van der Waals surface area contributed by atoms with Crippen molar-refractivity contribution in [1.29, 1.82) is 0 Å². The minimum atomic E-state index is 0.798. The SMILES string of the molecule is CCCOC[C@H]1CCN(C)C1. The minimum absolute atomic E-state index is 0.798. The van der Waals surface area contributed by atoms with Crippen molar-refractivity contribution in [3.63, 3.8) is 0 Å². The Morgan fingerprint density at radius 2 is 2.36 bits per heavy atom. The van der Waals surface area contributed by atoms with Crippen LogP contribution in [0.5, 0.6) is 0 Å². The van der Waals surface area contributed by atoms with E-state index in [4.69, 9.17) is 4.74 Å². The first-order valence-corrected chi connectivity index (χ1v) is 4.59. The summed E-state index contributed by atoms with van der Waals surface area (Å²) in [6.07, 6.45) is 2.46. The van der Waals surface area contributed by atoms with Gasteiger partial charge in [0, 0.05) is 13.2 Å². The van der Waals surface area contributed by atoms with Crippen molar-refractivity contribution in [2.24, 2.45) is 5.92 Å². The molecule has 66 valence electrons. The Morgan fingerprint density at radius 3 is 2.91 bits per heavy atom. The number of ether oxygens (including phenoxy) is 1. The van der Waals surface area contributed by atoms with Gasteiger partial charge < -0.3 is 9.64 Å². The van der Waals surface area contributed by atoms with Gasteiger partial charge in [0.2, 0.25) is 0 Å². The molecule has 1 saturated heterocycles. The first-order valence-electron chi connectivity index (χ1n) is 4.59. The van der Waals surface area contributed by atoms with Crippen LogP contribution >= 0.6 is 0 Å². The molecule has 0 aromatic carbocycles. The summed E-state index contributed by atoms with van der Waals surface area (Å²) in [6, 6.07) is 0. The van der Waals surface area contributed by atoms with E-state index in [0.717, 1.165) is 25.6 Å². The smallest absolute Gasteiger partial charge is 0.0506 e. The van der Waals surface area contributed by atoms with E-state index >= 15 is 0 Å². The number of hydrogen-bond donors (Lipinski definition) is 0. The van der Waals surface area contributed by atoms with E-state index in [2.05, 4.69) is 18.9 Å². The lowest BCUT2D eigenvalue weighted by Crippen LogP contribution is -2.16. The van der Waals surface area contributed by atoms with E-state index in [1.807, 2.05) is 0 Å². The third-order valence-electron chi connectivity index (χ3n) is 2.19. The van der Waals surface area contributed by atoms with Crippen LogP contribution in [0.15, 0.2) is 0 Å². The summed E-state index contributed by atoms with van der Waals surface area (Å²) in [5.74, 6) is 0.798. The van der Waals surface area contributed by atoms with Crippen molar-refractivity contribution in [2.75, 3.05) is 33.4 Å². The predicted octanol–water partition coefficient (Wildman–Crippen LogP) is 1.36. The molecular weight excluding hydrogens is 138 g/mol. The predicted molar refractivity (Wildman–Crippen MR) is 46.7 cm³/mol. The molecule has 1 atom stereocenters. The van der Waals surface area contributed by atoms with Crippen LogP contribution in [0.2, 0.25) is 0 Å². The molecular formula is C9H19NO. The fourth-order valence-electron chi connectivity index (χ4n) is 1.56. The van der Waals surface area contributed by atoms with Gasteiger partial charge in [-0.25, -0.2) is 0 Å². The summed E-state index contributed by atoms with van der Waals surface area (Å²) in [4.78, 5) is 2.37. The third kappa shape index (κ3) is 3.21. The molecule has 0 bridgehead atoms. The molecule has 11 heavy (non-hydrogen) atoms. The number of rotatable bonds is 4. The van der Waals surface area contributed by atoms with E-state index < -0.39 is 0 Å². The maximum Gasteiger partial charge on any atom is 0.0506 e. The topological polar surface area (TPSA) is 12.5 Å². The van der Waals surface area contributed by atoms with Gasteiger partial charge in [-0.3, -0.25) is 0 Å². The second kappa shape index (κ2) is 4.73. The Bertz CT molecular complexity index is 106. The van der Waals surface area contributed by atoms with Crippen LogP contribution in [0.3, 0.4) is 0 Å². The van der Waals surface area contributed by atoms with Gasteiger partial charge in [-0.15, -0.1) is 0 Å². The van der Waals surface area contributed by atoms with E-state index in [9.17, 15) is 0 Å². The number of likely N-dealkylation sites (tertiary alicyclic amines) is 1. The van der Waals surface area contributed by atoms with Crippen LogP contribution in [0.4, 0.5) is 0 Å². The molecule has 1 aliphatic rings. The highest BCUT2D eigenvalue weighted by atomic mass is 16.5. The summed E-state index contributed by atoms with van der Waals surface area (Å²) in [6.45, 7) is 6.53. The summed E-state index contributed by atoms with van der Waals surface area (Å²) in [7, 11) is 2.18. The normalized spacial score (nSPS) is 26.2. The Kier molecular flexibility index (Phi) is 3.87. The monoisotopic (exact) mass is 157 g/mol. The van der Waals surface area contributed by atoms with Crippen molar-refractivity contribution in [2.45, 2.75) is 19.8 Å². The van der Waals surface area contributed by atoms with Crippen LogP contribution < -0.4 is 0 Å². The Morgan fingerprint density at radius 1 is 1.55 bits per heavy atom. The average Bonchev–Trinajstić information content (AvgIpc) is 2.37. The first kappa shape index (κ1) is 9.01. The zero-order chi connectivity index (χ0) is 8.10. The van der Waals surface area contributed by atoms with Gasteiger partial charge in [-0.2, -0.15) is 0 Å². The Balaban J connectivity index is 1.99. The molecule has 2 nitrogen and oxygen atoms in total. The lowest BCUT2D eigenvalue weighted by Gasteiger charge is -2.09. The van der Waals surface area contributed by atoms with Gasteiger partial charge in [0.15, 0.2) is 0 Å². The number of hydrogen-bond acceptors (Lipinski definition) is 2. The van der Waals surface area contributed by atoms with Crippen molar-refractivity contribution in [1.82, 2.24) is 4.90 Å². The molecule has 1 aliphatic heterocycles. The molecule has 0 saturated carbocycles. The molecule has 0 spiro atoms. The molecule has 0 aromatic rings. The maximum atomic E-state index is 5.49. The second-order valence-corrected chi connectivity index (χ2v) is 3.49. The summed E-state index contributed by atoms with van der Waals surface area (Å²) in [5, 5.41) is 0. The van der Waals surface area contributed by atoms with E-state index in [0.29, 0.717) is 0 Å². The molecule has 0 aliphatic carbocycles. The lowest BCUT2D eigenvalue weighted by atomic mass is 10.1. The first-order chi connectivity index (χ1) is 5.33. The molecule has 1 rings (SSSR count). The van der Waals surface area contributed by atoms with Gasteiger partial charge in [0.1, 0.15) is 0 Å². The highest BCUT2D eigenvalue weighted by Gasteiger charge is 2.18. The summed E-state index contributed by atoms with van der Waals surface area (Å²) >= 11 is 0. The largest absolute Gasteiger partial charge is 0.381 e. The van der Waals surface area contributed by atoms with Crippen LogP contribution in [0.1, 0.15) is 19.8 Å². The summed E-state index contributed by atoms with van der Waals surface area (Å²) in [5.41, 5.74) is 0. The number of nitrogens with zero attached hydrogens (tertiary/aromatic N) is 1. The molecule has 1 heterocycles. The van der Waals surface area contributed by atoms with Crippen LogP contribution in [-0.2, 0) is 4.74 Å². The Labute approximate surface area is 69.5 Å². The van der Waals surface area contributed by atoms with E-state index in [-0.39, 0.29) is 0 Å². The lowest BCUT2D eigenvalue weighted by molar-refractivity contribution is 0.103. The van der Waals surface area contributed by atoms with Crippen LogP contribution in [0, 0.1) is 5.92 Å². The Hall–Kier alpha value is -0.0800. The van der Waals surface area contributed by atoms with Gasteiger partial charge >= 0.3 is 0 Å². The average molecular weight is 157 g/mol. The summed E-state index contributed by atoms with van der Waals surface area (Å²) < 4.78 is 5.49. The molecule has 2 heteroatoms. The third-order valence-corrected chi connectivity index (χ3v) is 2.19. The van der Waals surface area contributed by atoms with Gasteiger partial charge in [0.25, 0.3) is 0 Å². The van der Waals surface area contributed by atoms with E-state index in [1.165, 1.54) is 19.5 Å². The van der Waals surface area contributed by atoms with Crippen LogP contribution in [0.25, 0.3) is 0 Å². The standard InChI is InChI=1S/C9H19NO/c1-3-6-11-8-9-4-5-10(2)7-9/h9H,3-8H2,1-2H3/t9-/m0/s1. The van der Waals surface area contributed by atoms with Crippen LogP contribution in [-0.4, -0.2) is 38.3 Å². The fourth-order valence-corrected chi connectivity index (χ4v) is 1.56. The van der Waals surface area contributed by atoms with Crippen molar-refractivity contribution in [3.05, 3.63) is 0 Å². The highest BCUT2D eigenvalue weighted by Crippen LogP contribution is 2.14. The highest BCUT2D eigenvalue weighted by molar-refractivity contribution is 4.71. The minimum Gasteiger partial charge on any atom is -0.381 e. The maximum absolute atomic E-state index is 5.49. The van der Waals surface area contributed by atoms with Crippen molar-refractivity contribution < 1.29 is 4.74 Å². The molecule has 0 unspecified atom stereocenters. The van der Waals surface area contributed by atoms with Crippen molar-refractivity contribution >= 4 is 0 Å². The fraction of sp³-hybridized carbons (Fsp3) is 1.00. The molecule has 0 amide bonds. The van der Waals surface area contributed by atoms with Gasteiger partial charge in [0.05, 0.1) is 6.61 Å². The van der Waals surface area contributed by atoms with Gasteiger partial charge in [-0.1, -0.05) is 6.92 Å². The quantitative estimate of drug-likeness (QED) is 0.571. The molecule has 0 radical (unpaired) electrons. The molecule has 0 aromatic heterocycles. The molecule has 1 fully saturated rings. The van der Waals surface area contributed by atoms with E-state index in [1.54, 1.807) is 0 Å². The zero-order valence-electron chi connectivity index (χ0n) is 7.68. The zero-order valence-corrected chi connectivity index (χ0v) is 7.68. The molecule has 0 N–H and O–H groups in total. The van der Waals surface area contributed by atoms with Gasteiger partial charge in [-0.05, 0) is 32.4 Å². The second-order valence-electron chi connectivity index (χ2n) is 3.49.